The highest BCUT2D eigenvalue weighted by molar-refractivity contribution is 6.06. The van der Waals surface area contributed by atoms with Gasteiger partial charge in [-0.2, -0.15) is 0 Å². The third-order valence-electron chi connectivity index (χ3n) is 4.39. The van der Waals surface area contributed by atoms with Crippen molar-refractivity contribution in [2.24, 2.45) is 5.92 Å². The maximum Gasteiger partial charge on any atom is 0.252 e. The van der Waals surface area contributed by atoms with Crippen LogP contribution in [-0.4, -0.2) is 30.5 Å². The Morgan fingerprint density at radius 1 is 1.29 bits per heavy atom. The van der Waals surface area contributed by atoms with E-state index in [0.717, 1.165) is 41.8 Å². The van der Waals surface area contributed by atoms with E-state index in [1.54, 1.807) is 0 Å². The standard InChI is InChI=1S/C17H19N3O/c21-17(19-10-11-8-18-9-11)14-7-16(12-5-6-12)20-15-4-2-1-3-13(14)15/h1-4,7,11-12,18H,5-6,8-10H2,(H,19,21). The van der Waals surface area contributed by atoms with Crippen molar-refractivity contribution in [1.82, 2.24) is 15.6 Å². The molecule has 1 aliphatic heterocycles. The van der Waals surface area contributed by atoms with E-state index in [9.17, 15) is 4.79 Å². The molecule has 0 bridgehead atoms. The Hall–Kier alpha value is -1.94. The molecule has 2 fully saturated rings. The summed E-state index contributed by atoms with van der Waals surface area (Å²) in [6.07, 6.45) is 2.39. The van der Waals surface area contributed by atoms with Crippen molar-refractivity contribution in [2.45, 2.75) is 18.8 Å². The van der Waals surface area contributed by atoms with Gasteiger partial charge in [-0.3, -0.25) is 9.78 Å². The van der Waals surface area contributed by atoms with Crippen molar-refractivity contribution in [3.63, 3.8) is 0 Å². The van der Waals surface area contributed by atoms with Gasteiger partial charge in [0.25, 0.3) is 5.91 Å². The average molecular weight is 281 g/mol. The molecule has 108 valence electrons. The summed E-state index contributed by atoms with van der Waals surface area (Å²) >= 11 is 0. The van der Waals surface area contributed by atoms with Gasteiger partial charge in [0.15, 0.2) is 0 Å². The number of hydrogen-bond acceptors (Lipinski definition) is 3. The summed E-state index contributed by atoms with van der Waals surface area (Å²) in [5, 5.41) is 7.25. The minimum Gasteiger partial charge on any atom is -0.352 e. The lowest BCUT2D eigenvalue weighted by atomic mass is 10.0. The summed E-state index contributed by atoms with van der Waals surface area (Å²) in [6, 6.07) is 9.92. The van der Waals surface area contributed by atoms with Gasteiger partial charge in [0, 0.05) is 42.6 Å². The Morgan fingerprint density at radius 2 is 2.10 bits per heavy atom. The van der Waals surface area contributed by atoms with Gasteiger partial charge in [0.05, 0.1) is 11.1 Å². The largest absolute Gasteiger partial charge is 0.352 e. The Kier molecular flexibility index (Phi) is 3.11. The highest BCUT2D eigenvalue weighted by Gasteiger charge is 2.27. The van der Waals surface area contributed by atoms with Crippen LogP contribution in [0.1, 0.15) is 34.8 Å². The molecule has 21 heavy (non-hydrogen) atoms. The number of carbonyl (C=O) groups is 1. The first kappa shape index (κ1) is 12.8. The first-order chi connectivity index (χ1) is 10.3. The summed E-state index contributed by atoms with van der Waals surface area (Å²) in [6.45, 7) is 2.76. The van der Waals surface area contributed by atoms with Gasteiger partial charge >= 0.3 is 0 Å². The van der Waals surface area contributed by atoms with Gasteiger partial charge in [-0.1, -0.05) is 18.2 Å². The molecule has 0 atom stereocenters. The predicted octanol–water partition coefficient (Wildman–Crippen LogP) is 2.06. The SMILES string of the molecule is O=C(NCC1CNC1)c1cc(C2CC2)nc2ccccc12. The van der Waals surface area contributed by atoms with Crippen LogP contribution in [0.4, 0.5) is 0 Å². The molecule has 0 spiro atoms. The van der Waals surface area contributed by atoms with E-state index in [1.165, 1.54) is 12.8 Å². The van der Waals surface area contributed by atoms with Gasteiger partial charge in [-0.15, -0.1) is 0 Å². The number of amides is 1. The van der Waals surface area contributed by atoms with E-state index in [0.29, 0.717) is 11.8 Å². The molecule has 2 aliphatic rings. The fourth-order valence-corrected chi connectivity index (χ4v) is 2.80. The smallest absolute Gasteiger partial charge is 0.252 e. The molecule has 1 aliphatic carbocycles. The zero-order valence-electron chi connectivity index (χ0n) is 11.9. The Balaban J connectivity index is 1.66. The average Bonchev–Trinajstić information content (AvgIpc) is 3.29. The number of nitrogens with one attached hydrogen (secondary N) is 2. The van der Waals surface area contributed by atoms with E-state index in [-0.39, 0.29) is 5.91 Å². The lowest BCUT2D eigenvalue weighted by molar-refractivity contribution is 0.0943. The van der Waals surface area contributed by atoms with E-state index >= 15 is 0 Å². The van der Waals surface area contributed by atoms with Crippen LogP contribution in [0.15, 0.2) is 30.3 Å². The topological polar surface area (TPSA) is 54.0 Å². The molecule has 4 rings (SSSR count). The van der Waals surface area contributed by atoms with Crippen molar-refractivity contribution >= 4 is 16.8 Å². The highest BCUT2D eigenvalue weighted by Crippen LogP contribution is 2.40. The highest BCUT2D eigenvalue weighted by atomic mass is 16.1. The number of benzene rings is 1. The minimum absolute atomic E-state index is 0.0300. The van der Waals surface area contributed by atoms with Crippen molar-refractivity contribution in [2.75, 3.05) is 19.6 Å². The van der Waals surface area contributed by atoms with Gasteiger partial charge < -0.3 is 10.6 Å². The second-order valence-electron chi connectivity index (χ2n) is 6.12. The molecule has 2 aromatic rings. The molecular formula is C17H19N3O. The van der Waals surface area contributed by atoms with E-state index in [1.807, 2.05) is 30.3 Å². The summed E-state index contributed by atoms with van der Waals surface area (Å²) in [5.74, 6) is 1.16. The van der Waals surface area contributed by atoms with Crippen LogP contribution in [0.2, 0.25) is 0 Å². The summed E-state index contributed by atoms with van der Waals surface area (Å²) in [7, 11) is 0. The van der Waals surface area contributed by atoms with Gasteiger partial charge in [0.1, 0.15) is 0 Å². The number of rotatable bonds is 4. The predicted molar refractivity (Wildman–Crippen MR) is 82.4 cm³/mol. The molecular weight excluding hydrogens is 262 g/mol. The lowest BCUT2D eigenvalue weighted by Crippen LogP contribution is -2.48. The molecule has 1 saturated carbocycles. The number of hydrogen-bond donors (Lipinski definition) is 2. The molecule has 0 unspecified atom stereocenters. The van der Waals surface area contributed by atoms with Crippen LogP contribution in [0, 0.1) is 5.92 Å². The first-order valence-corrected chi connectivity index (χ1v) is 7.70. The molecule has 1 aromatic heterocycles. The van der Waals surface area contributed by atoms with Crippen LogP contribution < -0.4 is 10.6 Å². The lowest BCUT2D eigenvalue weighted by Gasteiger charge is -2.27. The van der Waals surface area contributed by atoms with Crippen molar-refractivity contribution in [1.29, 1.82) is 0 Å². The van der Waals surface area contributed by atoms with Crippen LogP contribution in [0.5, 0.6) is 0 Å². The van der Waals surface area contributed by atoms with Crippen LogP contribution in [0.3, 0.4) is 0 Å². The van der Waals surface area contributed by atoms with Gasteiger partial charge in [-0.25, -0.2) is 0 Å². The quantitative estimate of drug-likeness (QED) is 0.902. The van der Waals surface area contributed by atoms with E-state index < -0.39 is 0 Å². The Morgan fingerprint density at radius 3 is 2.81 bits per heavy atom. The zero-order valence-corrected chi connectivity index (χ0v) is 11.9. The minimum atomic E-state index is 0.0300. The summed E-state index contributed by atoms with van der Waals surface area (Å²) < 4.78 is 0. The fourth-order valence-electron chi connectivity index (χ4n) is 2.80. The number of para-hydroxylation sites is 1. The molecule has 4 nitrogen and oxygen atoms in total. The molecule has 0 radical (unpaired) electrons. The molecule has 4 heteroatoms. The summed E-state index contributed by atoms with van der Waals surface area (Å²) in [5.41, 5.74) is 2.77. The Bertz CT molecular complexity index is 689. The number of carbonyl (C=O) groups excluding carboxylic acids is 1. The van der Waals surface area contributed by atoms with Crippen molar-refractivity contribution < 1.29 is 4.79 Å². The fraction of sp³-hybridized carbons (Fsp3) is 0.412. The zero-order chi connectivity index (χ0) is 14.2. The van der Waals surface area contributed by atoms with Crippen LogP contribution in [-0.2, 0) is 0 Å². The summed E-state index contributed by atoms with van der Waals surface area (Å²) in [4.78, 5) is 17.3. The maximum atomic E-state index is 12.5. The maximum absolute atomic E-state index is 12.5. The van der Waals surface area contributed by atoms with Crippen LogP contribution in [0.25, 0.3) is 10.9 Å². The van der Waals surface area contributed by atoms with Crippen LogP contribution >= 0.6 is 0 Å². The van der Waals surface area contributed by atoms with E-state index in [2.05, 4.69) is 10.6 Å². The first-order valence-electron chi connectivity index (χ1n) is 7.70. The third kappa shape index (κ3) is 2.51. The van der Waals surface area contributed by atoms with Crippen molar-refractivity contribution in [3.8, 4) is 0 Å². The van der Waals surface area contributed by atoms with Gasteiger partial charge in [0.2, 0.25) is 0 Å². The normalized spacial score (nSPS) is 18.5. The molecule has 2 N–H and O–H groups in total. The van der Waals surface area contributed by atoms with Crippen molar-refractivity contribution in [3.05, 3.63) is 41.6 Å². The second-order valence-corrected chi connectivity index (χ2v) is 6.12. The van der Waals surface area contributed by atoms with E-state index in [4.69, 9.17) is 4.98 Å². The number of nitrogens with zero attached hydrogens (tertiary/aromatic N) is 1. The Labute approximate surface area is 124 Å². The number of pyridine rings is 1. The molecule has 1 saturated heterocycles. The molecule has 2 heterocycles. The third-order valence-corrected chi connectivity index (χ3v) is 4.39. The molecule has 1 aromatic carbocycles. The monoisotopic (exact) mass is 281 g/mol. The van der Waals surface area contributed by atoms with Gasteiger partial charge in [-0.05, 0) is 25.0 Å². The second kappa shape index (κ2) is 5.11. The number of fused-ring (bicyclic) bond motifs is 1. The number of aromatic nitrogens is 1. The molecule has 1 amide bonds.